The highest BCUT2D eigenvalue weighted by atomic mass is 19.1. The molecule has 0 saturated carbocycles. The second-order valence-corrected chi connectivity index (χ2v) is 3.71. The molecule has 1 aromatic rings. The zero-order valence-electron chi connectivity index (χ0n) is 10.5. The SMILES string of the molecule is CNCCC(=O)Nc1cc(C(=O)OC)c(F)cc1F. The van der Waals surface area contributed by atoms with Gasteiger partial charge in [-0.2, -0.15) is 0 Å². The molecule has 0 atom stereocenters. The number of carbonyl (C=O) groups is 2. The van der Waals surface area contributed by atoms with Crippen molar-refractivity contribution in [2.45, 2.75) is 6.42 Å². The van der Waals surface area contributed by atoms with Gasteiger partial charge >= 0.3 is 5.97 Å². The number of esters is 1. The van der Waals surface area contributed by atoms with Gasteiger partial charge in [-0.05, 0) is 13.1 Å². The second-order valence-electron chi connectivity index (χ2n) is 3.71. The van der Waals surface area contributed by atoms with E-state index >= 15 is 0 Å². The molecule has 2 N–H and O–H groups in total. The van der Waals surface area contributed by atoms with Crippen LogP contribution < -0.4 is 10.6 Å². The Hall–Kier alpha value is -2.02. The summed E-state index contributed by atoms with van der Waals surface area (Å²) in [5.41, 5.74) is -0.698. The molecule has 19 heavy (non-hydrogen) atoms. The van der Waals surface area contributed by atoms with Crippen LogP contribution in [0, 0.1) is 11.6 Å². The van der Waals surface area contributed by atoms with Gasteiger partial charge in [-0.15, -0.1) is 0 Å². The van der Waals surface area contributed by atoms with Gasteiger partial charge in [0.2, 0.25) is 5.91 Å². The Morgan fingerprint density at radius 1 is 1.26 bits per heavy atom. The third kappa shape index (κ3) is 3.99. The number of hydrogen-bond donors (Lipinski definition) is 2. The van der Waals surface area contributed by atoms with E-state index in [-0.39, 0.29) is 12.1 Å². The van der Waals surface area contributed by atoms with E-state index in [9.17, 15) is 18.4 Å². The van der Waals surface area contributed by atoms with E-state index < -0.39 is 29.1 Å². The summed E-state index contributed by atoms with van der Waals surface area (Å²) in [5, 5.41) is 5.02. The molecule has 1 rings (SSSR count). The van der Waals surface area contributed by atoms with Gasteiger partial charge < -0.3 is 15.4 Å². The smallest absolute Gasteiger partial charge is 0.340 e. The summed E-state index contributed by atoms with van der Waals surface area (Å²) in [6, 6.07) is 1.44. The first-order valence-corrected chi connectivity index (χ1v) is 5.51. The molecule has 7 heteroatoms. The number of benzene rings is 1. The molecule has 0 unspecified atom stereocenters. The number of methoxy groups -OCH3 is 1. The van der Waals surface area contributed by atoms with Crippen molar-refractivity contribution in [1.29, 1.82) is 0 Å². The minimum Gasteiger partial charge on any atom is -0.465 e. The van der Waals surface area contributed by atoms with Crippen LogP contribution in [-0.4, -0.2) is 32.6 Å². The quantitative estimate of drug-likeness (QED) is 0.793. The van der Waals surface area contributed by atoms with E-state index in [1.807, 2.05) is 0 Å². The monoisotopic (exact) mass is 272 g/mol. The molecule has 0 aromatic heterocycles. The maximum atomic E-state index is 13.5. The third-order valence-electron chi connectivity index (χ3n) is 2.34. The summed E-state index contributed by atoms with van der Waals surface area (Å²) < 4.78 is 31.2. The Kier molecular flexibility index (Phi) is 5.37. The normalized spacial score (nSPS) is 10.1. The Labute approximate surface area is 108 Å². The van der Waals surface area contributed by atoms with Crippen LogP contribution in [-0.2, 0) is 9.53 Å². The highest BCUT2D eigenvalue weighted by molar-refractivity contribution is 5.94. The van der Waals surface area contributed by atoms with Crippen molar-refractivity contribution in [3.63, 3.8) is 0 Å². The predicted molar refractivity (Wildman–Crippen MR) is 64.9 cm³/mol. The van der Waals surface area contributed by atoms with Gasteiger partial charge in [-0.1, -0.05) is 0 Å². The summed E-state index contributed by atoms with van der Waals surface area (Å²) in [6.45, 7) is 0.415. The van der Waals surface area contributed by atoms with Gasteiger partial charge in [-0.3, -0.25) is 4.79 Å². The van der Waals surface area contributed by atoms with E-state index in [4.69, 9.17) is 0 Å². The molecule has 0 heterocycles. The van der Waals surface area contributed by atoms with Gasteiger partial charge in [0, 0.05) is 19.0 Å². The summed E-state index contributed by atoms with van der Waals surface area (Å²) in [4.78, 5) is 22.7. The maximum absolute atomic E-state index is 13.5. The van der Waals surface area contributed by atoms with Gasteiger partial charge in [0.05, 0.1) is 18.4 Å². The molecule has 0 bridgehead atoms. The fourth-order valence-corrected chi connectivity index (χ4v) is 1.36. The van der Waals surface area contributed by atoms with Crippen molar-refractivity contribution in [3.05, 3.63) is 29.3 Å². The van der Waals surface area contributed by atoms with Crippen LogP contribution >= 0.6 is 0 Å². The first-order chi connectivity index (χ1) is 8.99. The molecule has 104 valence electrons. The van der Waals surface area contributed by atoms with E-state index in [1.54, 1.807) is 7.05 Å². The van der Waals surface area contributed by atoms with Gasteiger partial charge in [0.25, 0.3) is 0 Å². The standard InChI is InChI=1S/C12H14F2N2O3/c1-15-4-3-11(17)16-10-5-7(12(18)19-2)8(13)6-9(10)14/h5-6,15H,3-4H2,1-2H3,(H,16,17). The van der Waals surface area contributed by atoms with Gasteiger partial charge in [0.1, 0.15) is 11.6 Å². The van der Waals surface area contributed by atoms with Crippen molar-refractivity contribution >= 4 is 17.6 Å². The first-order valence-electron chi connectivity index (χ1n) is 5.51. The minimum absolute atomic E-state index is 0.126. The summed E-state index contributed by atoms with van der Waals surface area (Å²) in [5.74, 6) is -3.39. The fraction of sp³-hybridized carbons (Fsp3) is 0.333. The van der Waals surface area contributed by atoms with Crippen molar-refractivity contribution in [3.8, 4) is 0 Å². The molecular weight excluding hydrogens is 258 g/mol. The van der Waals surface area contributed by atoms with Crippen LogP contribution in [0.3, 0.4) is 0 Å². The lowest BCUT2D eigenvalue weighted by molar-refractivity contribution is -0.116. The number of hydrogen-bond acceptors (Lipinski definition) is 4. The molecule has 0 aliphatic rings. The van der Waals surface area contributed by atoms with Crippen LogP contribution in [0.2, 0.25) is 0 Å². The van der Waals surface area contributed by atoms with Crippen LogP contribution in [0.5, 0.6) is 0 Å². The molecule has 0 radical (unpaired) electrons. The van der Waals surface area contributed by atoms with Crippen molar-refractivity contribution in [1.82, 2.24) is 5.32 Å². The second kappa shape index (κ2) is 6.79. The number of ether oxygens (including phenoxy) is 1. The predicted octanol–water partition coefficient (Wildman–Crippen LogP) is 1.30. The molecule has 0 aliphatic carbocycles. The maximum Gasteiger partial charge on any atom is 0.340 e. The van der Waals surface area contributed by atoms with Crippen LogP contribution in [0.4, 0.5) is 14.5 Å². The van der Waals surface area contributed by atoms with Crippen molar-refractivity contribution in [2.75, 3.05) is 26.0 Å². The Morgan fingerprint density at radius 3 is 2.53 bits per heavy atom. The molecule has 0 aliphatic heterocycles. The molecule has 0 spiro atoms. The average Bonchev–Trinajstić information content (AvgIpc) is 2.38. The lowest BCUT2D eigenvalue weighted by Gasteiger charge is -2.09. The van der Waals surface area contributed by atoms with Gasteiger partial charge in [-0.25, -0.2) is 13.6 Å². The topological polar surface area (TPSA) is 67.4 Å². The Morgan fingerprint density at radius 2 is 1.95 bits per heavy atom. The average molecular weight is 272 g/mol. The zero-order chi connectivity index (χ0) is 14.4. The molecule has 0 fully saturated rings. The van der Waals surface area contributed by atoms with Crippen LogP contribution in [0.1, 0.15) is 16.8 Å². The third-order valence-corrected chi connectivity index (χ3v) is 2.34. The summed E-state index contributed by atoms with van der Waals surface area (Å²) >= 11 is 0. The van der Waals surface area contributed by atoms with Crippen molar-refractivity contribution < 1.29 is 23.1 Å². The minimum atomic E-state index is -1.04. The molecule has 1 amide bonds. The number of anilines is 1. The largest absolute Gasteiger partial charge is 0.465 e. The zero-order valence-corrected chi connectivity index (χ0v) is 10.5. The highest BCUT2D eigenvalue weighted by Gasteiger charge is 2.17. The Bertz CT molecular complexity index is 492. The summed E-state index contributed by atoms with van der Waals surface area (Å²) in [6.07, 6.45) is 0.126. The number of halogens is 2. The van der Waals surface area contributed by atoms with E-state index in [1.165, 1.54) is 0 Å². The number of carbonyl (C=O) groups excluding carboxylic acids is 2. The molecular formula is C12H14F2N2O3. The van der Waals surface area contributed by atoms with E-state index in [0.29, 0.717) is 12.6 Å². The lowest BCUT2D eigenvalue weighted by Crippen LogP contribution is -2.19. The van der Waals surface area contributed by atoms with Gasteiger partial charge in [0.15, 0.2) is 0 Å². The summed E-state index contributed by atoms with van der Waals surface area (Å²) in [7, 11) is 2.75. The van der Waals surface area contributed by atoms with E-state index in [2.05, 4.69) is 15.4 Å². The highest BCUT2D eigenvalue weighted by Crippen LogP contribution is 2.20. The molecule has 1 aromatic carbocycles. The van der Waals surface area contributed by atoms with Crippen LogP contribution in [0.25, 0.3) is 0 Å². The number of amides is 1. The number of nitrogens with one attached hydrogen (secondary N) is 2. The molecule has 0 saturated heterocycles. The number of rotatable bonds is 5. The first kappa shape index (κ1) is 15.0. The lowest BCUT2D eigenvalue weighted by atomic mass is 10.1. The van der Waals surface area contributed by atoms with E-state index in [0.717, 1.165) is 13.2 Å². The molecule has 5 nitrogen and oxygen atoms in total. The van der Waals surface area contributed by atoms with Crippen LogP contribution in [0.15, 0.2) is 12.1 Å². The fourth-order valence-electron chi connectivity index (χ4n) is 1.36. The Balaban J connectivity index is 2.95. The van der Waals surface area contributed by atoms with Crippen molar-refractivity contribution in [2.24, 2.45) is 0 Å².